The molecule has 0 saturated heterocycles. The molecule has 0 spiro atoms. The molecule has 0 aliphatic heterocycles. The molecule has 1 fully saturated rings. The third kappa shape index (κ3) is 2.42. The third-order valence-electron chi connectivity index (χ3n) is 4.24. The predicted octanol–water partition coefficient (Wildman–Crippen LogP) is 2.39. The van der Waals surface area contributed by atoms with Crippen LogP contribution in [0, 0.1) is 0 Å². The van der Waals surface area contributed by atoms with E-state index in [0.29, 0.717) is 12.8 Å². The van der Waals surface area contributed by atoms with Gasteiger partial charge in [-0.1, -0.05) is 24.8 Å². The number of amides is 1. The highest BCUT2D eigenvalue weighted by molar-refractivity contribution is 5.98. The van der Waals surface area contributed by atoms with Crippen LogP contribution in [-0.4, -0.2) is 22.5 Å². The van der Waals surface area contributed by atoms with Gasteiger partial charge in [0.2, 0.25) is 5.91 Å². The van der Waals surface area contributed by atoms with Gasteiger partial charge in [0, 0.05) is 5.57 Å². The van der Waals surface area contributed by atoms with Gasteiger partial charge in [0.05, 0.1) is 0 Å². The minimum atomic E-state index is -1.02. The van der Waals surface area contributed by atoms with Crippen LogP contribution < -0.4 is 5.32 Å². The Hall–Kier alpha value is -1.32. The van der Waals surface area contributed by atoms with Crippen LogP contribution in [0.5, 0.6) is 0 Å². The molecule has 1 amide bonds. The molecule has 4 heteroatoms. The maximum atomic E-state index is 12.2. The SMILES string of the molecule is CC1=C(C(=O)NC2(C(=O)O)CCCCC2)CCC1. The van der Waals surface area contributed by atoms with Crippen molar-refractivity contribution in [1.82, 2.24) is 5.32 Å². The predicted molar refractivity (Wildman–Crippen MR) is 68.1 cm³/mol. The lowest BCUT2D eigenvalue weighted by molar-refractivity contribution is -0.148. The Morgan fingerprint density at radius 2 is 1.78 bits per heavy atom. The average Bonchev–Trinajstić information content (AvgIpc) is 2.76. The monoisotopic (exact) mass is 251 g/mol. The van der Waals surface area contributed by atoms with Crippen LogP contribution in [0.2, 0.25) is 0 Å². The van der Waals surface area contributed by atoms with E-state index in [9.17, 15) is 14.7 Å². The Balaban J connectivity index is 2.12. The summed E-state index contributed by atoms with van der Waals surface area (Å²) in [5.74, 6) is -1.04. The number of carboxylic acid groups (broad SMARTS) is 1. The van der Waals surface area contributed by atoms with Gasteiger partial charge in [0.15, 0.2) is 0 Å². The van der Waals surface area contributed by atoms with Crippen molar-refractivity contribution in [3.63, 3.8) is 0 Å². The topological polar surface area (TPSA) is 66.4 Å². The van der Waals surface area contributed by atoms with Crippen molar-refractivity contribution in [2.45, 2.75) is 63.8 Å². The number of carbonyl (C=O) groups is 2. The molecule has 0 atom stereocenters. The molecule has 2 N–H and O–H groups in total. The van der Waals surface area contributed by atoms with Gasteiger partial charge in [-0.3, -0.25) is 4.79 Å². The second kappa shape index (κ2) is 5.12. The normalized spacial score (nSPS) is 22.9. The molecule has 100 valence electrons. The van der Waals surface area contributed by atoms with Crippen molar-refractivity contribution >= 4 is 11.9 Å². The van der Waals surface area contributed by atoms with Crippen molar-refractivity contribution in [2.75, 3.05) is 0 Å². The van der Waals surface area contributed by atoms with Crippen molar-refractivity contribution < 1.29 is 14.7 Å². The fraction of sp³-hybridized carbons (Fsp3) is 0.714. The van der Waals surface area contributed by atoms with E-state index in [2.05, 4.69) is 5.32 Å². The molecule has 1 saturated carbocycles. The number of aliphatic carboxylic acids is 1. The van der Waals surface area contributed by atoms with E-state index in [1.807, 2.05) is 6.92 Å². The fourth-order valence-electron chi connectivity index (χ4n) is 3.04. The Kier molecular flexibility index (Phi) is 3.73. The standard InChI is InChI=1S/C14H21NO3/c1-10-6-5-7-11(10)12(16)15-14(13(17)18)8-3-2-4-9-14/h2-9H2,1H3,(H,15,16)(H,17,18). The Morgan fingerprint density at radius 3 is 2.28 bits per heavy atom. The molecule has 18 heavy (non-hydrogen) atoms. The highest BCUT2D eigenvalue weighted by Gasteiger charge is 2.41. The summed E-state index contributed by atoms with van der Waals surface area (Å²) in [7, 11) is 0. The molecule has 0 radical (unpaired) electrons. The first kappa shape index (κ1) is 13.1. The van der Waals surface area contributed by atoms with Gasteiger partial charge in [-0.15, -0.1) is 0 Å². The summed E-state index contributed by atoms with van der Waals surface area (Å²) in [4.78, 5) is 23.7. The van der Waals surface area contributed by atoms with E-state index >= 15 is 0 Å². The smallest absolute Gasteiger partial charge is 0.329 e. The van der Waals surface area contributed by atoms with Crippen LogP contribution in [0.25, 0.3) is 0 Å². The van der Waals surface area contributed by atoms with E-state index in [1.165, 1.54) is 0 Å². The quantitative estimate of drug-likeness (QED) is 0.809. The molecule has 0 bridgehead atoms. The summed E-state index contributed by atoms with van der Waals surface area (Å²) in [6.45, 7) is 1.97. The first-order valence-electron chi connectivity index (χ1n) is 6.80. The van der Waals surface area contributed by atoms with E-state index in [4.69, 9.17) is 0 Å². The summed E-state index contributed by atoms with van der Waals surface area (Å²) in [5, 5.41) is 12.2. The fourth-order valence-corrected chi connectivity index (χ4v) is 3.04. The highest BCUT2D eigenvalue weighted by atomic mass is 16.4. The van der Waals surface area contributed by atoms with Gasteiger partial charge < -0.3 is 10.4 Å². The van der Waals surface area contributed by atoms with Crippen LogP contribution in [-0.2, 0) is 9.59 Å². The van der Waals surface area contributed by atoms with E-state index in [-0.39, 0.29) is 5.91 Å². The van der Waals surface area contributed by atoms with Crippen molar-refractivity contribution in [3.05, 3.63) is 11.1 Å². The zero-order valence-electron chi connectivity index (χ0n) is 10.9. The van der Waals surface area contributed by atoms with Gasteiger partial charge in [0.1, 0.15) is 5.54 Å². The lowest BCUT2D eigenvalue weighted by atomic mass is 9.81. The summed E-state index contributed by atoms with van der Waals surface area (Å²) < 4.78 is 0. The lowest BCUT2D eigenvalue weighted by Gasteiger charge is -2.34. The van der Waals surface area contributed by atoms with Crippen molar-refractivity contribution in [2.24, 2.45) is 0 Å². The van der Waals surface area contributed by atoms with E-state index < -0.39 is 11.5 Å². The van der Waals surface area contributed by atoms with Gasteiger partial charge >= 0.3 is 5.97 Å². The number of hydrogen-bond acceptors (Lipinski definition) is 2. The summed E-state index contributed by atoms with van der Waals surface area (Å²) in [6.07, 6.45) is 6.69. The van der Waals surface area contributed by atoms with Crippen LogP contribution in [0.1, 0.15) is 58.3 Å². The molecule has 0 heterocycles. The van der Waals surface area contributed by atoms with Crippen LogP contribution >= 0.6 is 0 Å². The molecule has 2 aliphatic carbocycles. The molecule has 2 rings (SSSR count). The molecule has 4 nitrogen and oxygen atoms in total. The van der Waals surface area contributed by atoms with Gasteiger partial charge in [-0.05, 0) is 39.0 Å². The third-order valence-corrected chi connectivity index (χ3v) is 4.24. The number of rotatable bonds is 3. The van der Waals surface area contributed by atoms with Gasteiger partial charge in [0.25, 0.3) is 0 Å². The molecular weight excluding hydrogens is 230 g/mol. The number of hydrogen-bond donors (Lipinski definition) is 2. The molecule has 0 aromatic carbocycles. The van der Waals surface area contributed by atoms with Crippen molar-refractivity contribution in [3.8, 4) is 0 Å². The first-order valence-corrected chi connectivity index (χ1v) is 6.80. The molecule has 0 aromatic heterocycles. The first-order chi connectivity index (χ1) is 8.55. The number of carboxylic acids is 1. The molecule has 2 aliphatic rings. The largest absolute Gasteiger partial charge is 0.480 e. The number of nitrogens with one attached hydrogen (secondary N) is 1. The van der Waals surface area contributed by atoms with E-state index in [1.54, 1.807) is 0 Å². The molecule has 0 aromatic rings. The van der Waals surface area contributed by atoms with Crippen LogP contribution in [0.3, 0.4) is 0 Å². The van der Waals surface area contributed by atoms with Crippen LogP contribution in [0.4, 0.5) is 0 Å². The van der Waals surface area contributed by atoms with Crippen LogP contribution in [0.15, 0.2) is 11.1 Å². The Morgan fingerprint density at radius 1 is 1.11 bits per heavy atom. The van der Waals surface area contributed by atoms with E-state index in [0.717, 1.165) is 49.7 Å². The maximum Gasteiger partial charge on any atom is 0.329 e. The summed E-state index contributed by atoms with van der Waals surface area (Å²) >= 11 is 0. The molecule has 0 unspecified atom stereocenters. The van der Waals surface area contributed by atoms with Gasteiger partial charge in [-0.25, -0.2) is 4.79 Å². The Bertz CT molecular complexity index is 392. The minimum absolute atomic E-state index is 0.158. The van der Waals surface area contributed by atoms with Crippen molar-refractivity contribution in [1.29, 1.82) is 0 Å². The lowest BCUT2D eigenvalue weighted by Crippen LogP contribution is -2.55. The highest BCUT2D eigenvalue weighted by Crippen LogP contribution is 2.31. The zero-order valence-corrected chi connectivity index (χ0v) is 10.9. The summed E-state index contributed by atoms with van der Waals surface area (Å²) in [6, 6.07) is 0. The minimum Gasteiger partial charge on any atom is -0.480 e. The second-order valence-corrected chi connectivity index (χ2v) is 5.51. The maximum absolute atomic E-state index is 12.2. The second-order valence-electron chi connectivity index (χ2n) is 5.51. The zero-order chi connectivity index (χ0) is 13.2. The Labute approximate surface area is 107 Å². The number of carbonyl (C=O) groups excluding carboxylic acids is 1. The summed E-state index contributed by atoms with van der Waals surface area (Å²) in [5.41, 5.74) is 0.899. The average molecular weight is 251 g/mol. The van der Waals surface area contributed by atoms with Gasteiger partial charge in [-0.2, -0.15) is 0 Å². The number of allylic oxidation sites excluding steroid dienone is 1. The molecular formula is C14H21NO3.